The molecule has 1 N–H and O–H groups in total. The van der Waals surface area contributed by atoms with Gasteiger partial charge in [0.25, 0.3) is 5.91 Å². The number of hydrogen-bond donors (Lipinski definition) is 1. The molecule has 2 aromatic carbocycles. The monoisotopic (exact) mass is 345 g/mol. The lowest BCUT2D eigenvalue weighted by Gasteiger charge is -2.13. The van der Waals surface area contributed by atoms with Crippen LogP contribution in [0.3, 0.4) is 0 Å². The summed E-state index contributed by atoms with van der Waals surface area (Å²) >= 11 is 0. The predicted octanol–water partition coefficient (Wildman–Crippen LogP) is 4.20. The van der Waals surface area contributed by atoms with Crippen molar-refractivity contribution in [3.63, 3.8) is 0 Å². The second kappa shape index (κ2) is 6.80. The standard InChI is InChI=1S/C18H14F3N3O/c19-18(20,21)15-9-5-4-8-14(15)17(25)23-16-10-11-22-24(16)12-13-6-2-1-3-7-13/h1-11H,12H2,(H,23,25). The summed E-state index contributed by atoms with van der Waals surface area (Å²) in [6, 6.07) is 15.6. The van der Waals surface area contributed by atoms with E-state index in [2.05, 4.69) is 10.4 Å². The molecule has 0 saturated carbocycles. The van der Waals surface area contributed by atoms with Gasteiger partial charge in [-0.1, -0.05) is 42.5 Å². The zero-order chi connectivity index (χ0) is 17.9. The summed E-state index contributed by atoms with van der Waals surface area (Å²) in [5.74, 6) is -0.506. The summed E-state index contributed by atoms with van der Waals surface area (Å²) in [6.07, 6.45) is -3.12. The van der Waals surface area contributed by atoms with Gasteiger partial charge in [-0.25, -0.2) is 4.68 Å². The Morgan fingerprint density at radius 3 is 2.40 bits per heavy atom. The van der Waals surface area contributed by atoms with Crippen molar-refractivity contribution in [3.8, 4) is 0 Å². The zero-order valence-corrected chi connectivity index (χ0v) is 13.0. The van der Waals surface area contributed by atoms with E-state index in [-0.39, 0.29) is 0 Å². The Bertz CT molecular complexity index is 873. The van der Waals surface area contributed by atoms with Gasteiger partial charge in [0, 0.05) is 6.07 Å². The van der Waals surface area contributed by atoms with E-state index >= 15 is 0 Å². The van der Waals surface area contributed by atoms with Gasteiger partial charge in [-0.15, -0.1) is 0 Å². The fourth-order valence-corrected chi connectivity index (χ4v) is 2.43. The minimum atomic E-state index is -4.60. The Labute approximate surface area is 141 Å². The van der Waals surface area contributed by atoms with Crippen LogP contribution in [-0.2, 0) is 12.7 Å². The van der Waals surface area contributed by atoms with E-state index in [4.69, 9.17) is 0 Å². The van der Waals surface area contributed by atoms with Crippen LogP contribution in [0.4, 0.5) is 19.0 Å². The highest BCUT2D eigenvalue weighted by atomic mass is 19.4. The molecule has 0 aliphatic carbocycles. The maximum atomic E-state index is 13.1. The minimum absolute atomic E-state index is 0.325. The number of aromatic nitrogens is 2. The van der Waals surface area contributed by atoms with Crippen molar-refractivity contribution in [2.75, 3.05) is 5.32 Å². The molecular weight excluding hydrogens is 331 g/mol. The molecule has 0 saturated heterocycles. The van der Waals surface area contributed by atoms with Crippen molar-refractivity contribution in [2.45, 2.75) is 12.7 Å². The van der Waals surface area contributed by atoms with Gasteiger partial charge in [0.15, 0.2) is 0 Å². The van der Waals surface area contributed by atoms with Gasteiger partial charge in [-0.05, 0) is 17.7 Å². The fourth-order valence-electron chi connectivity index (χ4n) is 2.43. The maximum Gasteiger partial charge on any atom is 0.417 e. The highest BCUT2D eigenvalue weighted by molar-refractivity contribution is 6.05. The molecular formula is C18H14F3N3O. The number of nitrogens with one attached hydrogen (secondary N) is 1. The van der Waals surface area contributed by atoms with Crippen LogP contribution in [0.5, 0.6) is 0 Å². The minimum Gasteiger partial charge on any atom is -0.307 e. The van der Waals surface area contributed by atoms with Crippen LogP contribution in [-0.4, -0.2) is 15.7 Å². The van der Waals surface area contributed by atoms with E-state index in [1.165, 1.54) is 29.1 Å². The number of benzene rings is 2. The number of anilines is 1. The van der Waals surface area contributed by atoms with Crippen molar-refractivity contribution in [2.24, 2.45) is 0 Å². The average Bonchev–Trinajstić information content (AvgIpc) is 3.02. The average molecular weight is 345 g/mol. The molecule has 0 fully saturated rings. The number of nitrogens with zero attached hydrogens (tertiary/aromatic N) is 2. The van der Waals surface area contributed by atoms with E-state index in [0.717, 1.165) is 17.7 Å². The number of alkyl halides is 3. The highest BCUT2D eigenvalue weighted by Gasteiger charge is 2.34. The van der Waals surface area contributed by atoms with Crippen LogP contribution in [0.15, 0.2) is 66.9 Å². The normalized spacial score (nSPS) is 11.3. The molecule has 4 nitrogen and oxygen atoms in total. The molecule has 0 aliphatic rings. The smallest absolute Gasteiger partial charge is 0.307 e. The van der Waals surface area contributed by atoms with Crippen molar-refractivity contribution in [1.29, 1.82) is 0 Å². The molecule has 0 unspecified atom stereocenters. The molecule has 0 bridgehead atoms. The third kappa shape index (κ3) is 3.88. The van der Waals surface area contributed by atoms with Crippen LogP contribution in [0.25, 0.3) is 0 Å². The largest absolute Gasteiger partial charge is 0.417 e. The van der Waals surface area contributed by atoms with Gasteiger partial charge in [-0.2, -0.15) is 18.3 Å². The first-order chi connectivity index (χ1) is 11.9. The molecule has 1 aromatic heterocycles. The van der Waals surface area contributed by atoms with E-state index in [0.29, 0.717) is 12.4 Å². The second-order valence-electron chi connectivity index (χ2n) is 5.36. The Balaban J connectivity index is 1.83. The molecule has 0 atom stereocenters. The lowest BCUT2D eigenvalue weighted by Crippen LogP contribution is -2.20. The number of rotatable bonds is 4. The quantitative estimate of drug-likeness (QED) is 0.770. The molecule has 0 aliphatic heterocycles. The summed E-state index contributed by atoms with van der Waals surface area (Å²) in [4.78, 5) is 12.3. The van der Waals surface area contributed by atoms with Crippen molar-refractivity contribution in [1.82, 2.24) is 9.78 Å². The van der Waals surface area contributed by atoms with Crippen LogP contribution < -0.4 is 5.32 Å². The van der Waals surface area contributed by atoms with E-state index < -0.39 is 23.2 Å². The summed E-state index contributed by atoms with van der Waals surface area (Å²) in [5, 5.41) is 6.61. The van der Waals surface area contributed by atoms with E-state index in [9.17, 15) is 18.0 Å². The Kier molecular flexibility index (Phi) is 4.56. The molecule has 1 heterocycles. The van der Waals surface area contributed by atoms with E-state index in [1.807, 2.05) is 30.3 Å². The van der Waals surface area contributed by atoms with Crippen LogP contribution in [0.2, 0.25) is 0 Å². The Hall–Kier alpha value is -3.09. The van der Waals surface area contributed by atoms with Crippen molar-refractivity contribution >= 4 is 11.7 Å². The molecule has 3 aromatic rings. The van der Waals surface area contributed by atoms with Gasteiger partial charge in [0.2, 0.25) is 0 Å². The first-order valence-electron chi connectivity index (χ1n) is 7.48. The summed E-state index contributed by atoms with van der Waals surface area (Å²) in [7, 11) is 0. The zero-order valence-electron chi connectivity index (χ0n) is 13.0. The number of hydrogen-bond acceptors (Lipinski definition) is 2. The number of carbonyl (C=O) groups is 1. The number of amides is 1. The number of halogens is 3. The Morgan fingerprint density at radius 1 is 1.00 bits per heavy atom. The highest BCUT2D eigenvalue weighted by Crippen LogP contribution is 2.32. The molecule has 128 valence electrons. The van der Waals surface area contributed by atoms with Crippen molar-refractivity contribution < 1.29 is 18.0 Å². The van der Waals surface area contributed by atoms with Crippen LogP contribution in [0.1, 0.15) is 21.5 Å². The van der Waals surface area contributed by atoms with Gasteiger partial charge >= 0.3 is 6.18 Å². The lowest BCUT2D eigenvalue weighted by atomic mass is 10.1. The van der Waals surface area contributed by atoms with Crippen molar-refractivity contribution in [3.05, 3.63) is 83.6 Å². The molecule has 0 spiro atoms. The lowest BCUT2D eigenvalue weighted by molar-refractivity contribution is -0.137. The molecule has 25 heavy (non-hydrogen) atoms. The Morgan fingerprint density at radius 2 is 1.68 bits per heavy atom. The molecule has 7 heteroatoms. The summed E-state index contributed by atoms with van der Waals surface area (Å²) in [6.45, 7) is 0.393. The van der Waals surface area contributed by atoms with Crippen LogP contribution >= 0.6 is 0 Å². The SMILES string of the molecule is O=C(Nc1ccnn1Cc1ccccc1)c1ccccc1C(F)(F)F. The first kappa shape index (κ1) is 16.8. The van der Waals surface area contributed by atoms with Gasteiger partial charge < -0.3 is 5.32 Å². The topological polar surface area (TPSA) is 46.9 Å². The maximum absolute atomic E-state index is 13.1. The molecule has 0 radical (unpaired) electrons. The van der Waals surface area contributed by atoms with E-state index in [1.54, 1.807) is 0 Å². The first-order valence-corrected chi connectivity index (χ1v) is 7.48. The summed E-state index contributed by atoms with van der Waals surface area (Å²) in [5.41, 5.74) is -0.443. The molecule has 1 amide bonds. The van der Waals surface area contributed by atoms with Gasteiger partial charge in [-0.3, -0.25) is 4.79 Å². The third-order valence-corrected chi connectivity index (χ3v) is 3.61. The number of carbonyl (C=O) groups excluding carboxylic acids is 1. The van der Waals surface area contributed by atoms with Gasteiger partial charge in [0.1, 0.15) is 5.82 Å². The molecule has 3 rings (SSSR count). The second-order valence-corrected chi connectivity index (χ2v) is 5.36. The summed E-state index contributed by atoms with van der Waals surface area (Å²) < 4.78 is 40.7. The van der Waals surface area contributed by atoms with Gasteiger partial charge in [0.05, 0.1) is 23.9 Å². The predicted molar refractivity (Wildman–Crippen MR) is 87.2 cm³/mol. The van der Waals surface area contributed by atoms with Crippen LogP contribution in [0, 0.1) is 0 Å². The third-order valence-electron chi connectivity index (χ3n) is 3.61. The fraction of sp³-hybridized carbons (Fsp3) is 0.111.